The van der Waals surface area contributed by atoms with Crippen LogP contribution < -0.4 is 9.64 Å². The number of sulfone groups is 1. The Balaban J connectivity index is 1.87. The molecule has 0 unspecified atom stereocenters. The molecule has 0 aliphatic carbocycles. The molecule has 1 aliphatic heterocycles. The van der Waals surface area contributed by atoms with Crippen LogP contribution in [0.25, 0.3) is 0 Å². The van der Waals surface area contributed by atoms with E-state index in [1.165, 1.54) is 17.0 Å². The first kappa shape index (κ1) is 23.6. The quantitative estimate of drug-likeness (QED) is 0.433. The Kier molecular flexibility index (Phi) is 6.75. The van der Waals surface area contributed by atoms with Crippen molar-refractivity contribution in [2.45, 2.75) is 37.6 Å². The predicted molar refractivity (Wildman–Crippen MR) is 132 cm³/mol. The third-order valence-corrected chi connectivity index (χ3v) is 7.65. The van der Waals surface area contributed by atoms with E-state index >= 15 is 0 Å². The number of ether oxygens (including phenoxy) is 1. The van der Waals surface area contributed by atoms with E-state index in [9.17, 15) is 18.3 Å². The Morgan fingerprint density at radius 3 is 2.35 bits per heavy atom. The third kappa shape index (κ3) is 4.43. The molecule has 0 radical (unpaired) electrons. The predicted octanol–water partition coefficient (Wildman–Crippen LogP) is 5.51. The van der Waals surface area contributed by atoms with Gasteiger partial charge in [-0.15, -0.1) is 0 Å². The summed E-state index contributed by atoms with van der Waals surface area (Å²) in [4.78, 5) is 14.3. The highest BCUT2D eigenvalue weighted by Gasteiger charge is 2.47. The van der Waals surface area contributed by atoms with E-state index in [4.69, 9.17) is 4.74 Å². The van der Waals surface area contributed by atoms with E-state index in [-0.39, 0.29) is 9.80 Å². The summed E-state index contributed by atoms with van der Waals surface area (Å²) >= 11 is 0. The van der Waals surface area contributed by atoms with E-state index in [0.717, 1.165) is 18.4 Å². The second-order valence-corrected chi connectivity index (χ2v) is 10.1. The molecule has 6 nitrogen and oxygen atoms in total. The number of aliphatic hydroxyl groups is 1. The highest BCUT2D eigenvalue weighted by Crippen LogP contribution is 2.45. The molecule has 0 fully saturated rings. The first-order chi connectivity index (χ1) is 16.3. The molecule has 1 aliphatic rings. The number of aryl methyl sites for hydroxylation is 1. The van der Waals surface area contributed by atoms with E-state index in [0.29, 0.717) is 23.6 Å². The average molecular weight is 478 g/mol. The van der Waals surface area contributed by atoms with Gasteiger partial charge in [-0.3, -0.25) is 9.69 Å². The number of hydrogen-bond acceptors (Lipinski definition) is 5. The fraction of sp³-hybridized carbons (Fsp3) is 0.222. The van der Waals surface area contributed by atoms with Gasteiger partial charge in [0.25, 0.3) is 5.91 Å². The average Bonchev–Trinajstić information content (AvgIpc) is 3.12. The zero-order chi connectivity index (χ0) is 24.3. The maximum absolute atomic E-state index is 13.7. The zero-order valence-corrected chi connectivity index (χ0v) is 20.0. The van der Waals surface area contributed by atoms with Gasteiger partial charge in [-0.2, -0.15) is 0 Å². The monoisotopic (exact) mass is 477 g/mol. The maximum Gasteiger partial charge on any atom is 0.295 e. The zero-order valence-electron chi connectivity index (χ0n) is 19.1. The topological polar surface area (TPSA) is 83.9 Å². The summed E-state index contributed by atoms with van der Waals surface area (Å²) < 4.78 is 33.2. The lowest BCUT2D eigenvalue weighted by atomic mass is 10.1. The van der Waals surface area contributed by atoms with E-state index in [2.05, 4.69) is 6.92 Å². The number of hydrogen-bond donors (Lipinski definition) is 1. The van der Waals surface area contributed by atoms with Gasteiger partial charge < -0.3 is 9.84 Å². The fourth-order valence-electron chi connectivity index (χ4n) is 3.97. The summed E-state index contributed by atoms with van der Waals surface area (Å²) in [5.74, 6) is -0.961. The lowest BCUT2D eigenvalue weighted by Gasteiger charge is -2.27. The van der Waals surface area contributed by atoms with Crippen molar-refractivity contribution in [2.75, 3.05) is 11.5 Å². The lowest BCUT2D eigenvalue weighted by Crippen LogP contribution is -2.31. The van der Waals surface area contributed by atoms with Crippen LogP contribution >= 0.6 is 0 Å². The van der Waals surface area contributed by atoms with Crippen molar-refractivity contribution in [1.29, 1.82) is 0 Å². The van der Waals surface area contributed by atoms with Crippen LogP contribution in [0.15, 0.2) is 94.4 Å². The summed E-state index contributed by atoms with van der Waals surface area (Å²) in [5.41, 5.74) is 2.01. The van der Waals surface area contributed by atoms with Crippen molar-refractivity contribution in [3.8, 4) is 5.75 Å². The van der Waals surface area contributed by atoms with Crippen molar-refractivity contribution >= 4 is 21.4 Å². The second kappa shape index (κ2) is 9.73. The molecule has 3 aromatic rings. The number of carbonyl (C=O) groups excluding carboxylic acids is 1. The Hall–Kier alpha value is -3.58. The summed E-state index contributed by atoms with van der Waals surface area (Å²) in [7, 11) is -4.17. The SMILES string of the molecule is CCCCOc1cccc([C@H]2C(S(=O)(=O)c3ccccc3)=C(O)C(=O)N2c2ccc(C)cc2)c1. The molecule has 3 aromatic carbocycles. The van der Waals surface area contributed by atoms with Crippen LogP contribution in [0, 0.1) is 6.92 Å². The van der Waals surface area contributed by atoms with Gasteiger partial charge in [0.2, 0.25) is 9.84 Å². The van der Waals surface area contributed by atoms with Crippen LogP contribution in [0.5, 0.6) is 5.75 Å². The first-order valence-electron chi connectivity index (χ1n) is 11.2. The molecule has 1 amide bonds. The van der Waals surface area contributed by atoms with Gasteiger partial charge in [-0.25, -0.2) is 8.42 Å². The number of amides is 1. The molecule has 1 heterocycles. The Bertz CT molecular complexity index is 1310. The minimum Gasteiger partial charge on any atom is -0.502 e. The fourth-order valence-corrected chi connectivity index (χ4v) is 5.61. The molecule has 0 saturated carbocycles. The summed E-state index contributed by atoms with van der Waals surface area (Å²) in [5, 5.41) is 10.9. The standard InChI is InChI=1S/C27H27NO5S/c1-3-4-17-33-22-10-8-9-20(18-22)24-26(34(31,32)23-11-6-5-7-12-23)25(29)27(30)28(24)21-15-13-19(2)14-16-21/h5-16,18,24,29H,3-4,17H2,1-2H3/t24-/m0/s1. The van der Waals surface area contributed by atoms with Crippen molar-refractivity contribution in [3.63, 3.8) is 0 Å². The van der Waals surface area contributed by atoms with Crippen molar-refractivity contribution in [3.05, 3.63) is 101 Å². The van der Waals surface area contributed by atoms with Crippen LogP contribution in [0.3, 0.4) is 0 Å². The molecular formula is C27H27NO5S. The van der Waals surface area contributed by atoms with Crippen LogP contribution in [0.2, 0.25) is 0 Å². The van der Waals surface area contributed by atoms with Gasteiger partial charge in [0, 0.05) is 5.69 Å². The molecule has 1 atom stereocenters. The van der Waals surface area contributed by atoms with Crippen molar-refractivity contribution < 1.29 is 23.1 Å². The number of anilines is 1. The van der Waals surface area contributed by atoms with E-state index in [1.54, 1.807) is 54.6 Å². The molecule has 0 spiro atoms. The number of rotatable bonds is 8. The highest BCUT2D eigenvalue weighted by molar-refractivity contribution is 7.95. The summed E-state index contributed by atoms with van der Waals surface area (Å²) in [6.45, 7) is 4.52. The number of nitrogens with zero attached hydrogens (tertiary/aromatic N) is 1. The number of benzene rings is 3. The van der Waals surface area contributed by atoms with Crippen LogP contribution in [-0.4, -0.2) is 26.0 Å². The second-order valence-electron chi connectivity index (χ2n) is 8.22. The van der Waals surface area contributed by atoms with Gasteiger partial charge in [-0.1, -0.05) is 61.4 Å². The van der Waals surface area contributed by atoms with Gasteiger partial charge >= 0.3 is 0 Å². The minimum atomic E-state index is -4.17. The third-order valence-electron chi connectivity index (χ3n) is 5.76. The summed E-state index contributed by atoms with van der Waals surface area (Å²) in [6.07, 6.45) is 1.87. The smallest absolute Gasteiger partial charge is 0.295 e. The van der Waals surface area contributed by atoms with Gasteiger partial charge in [0.05, 0.1) is 11.5 Å². The minimum absolute atomic E-state index is 0.00968. The van der Waals surface area contributed by atoms with Crippen LogP contribution in [0.4, 0.5) is 5.69 Å². The number of unbranched alkanes of at least 4 members (excludes halogenated alkanes) is 1. The van der Waals surface area contributed by atoms with Gasteiger partial charge in [0.15, 0.2) is 5.76 Å². The molecule has 7 heteroatoms. The normalized spacial score (nSPS) is 16.2. The molecule has 0 saturated heterocycles. The Morgan fingerprint density at radius 1 is 0.971 bits per heavy atom. The number of carbonyl (C=O) groups is 1. The molecule has 34 heavy (non-hydrogen) atoms. The van der Waals surface area contributed by atoms with Crippen LogP contribution in [0.1, 0.15) is 36.9 Å². The molecule has 4 rings (SSSR count). The van der Waals surface area contributed by atoms with Gasteiger partial charge in [0.1, 0.15) is 16.7 Å². The Morgan fingerprint density at radius 2 is 1.68 bits per heavy atom. The molecular weight excluding hydrogens is 450 g/mol. The maximum atomic E-state index is 13.7. The molecule has 0 bridgehead atoms. The molecule has 176 valence electrons. The van der Waals surface area contributed by atoms with E-state index < -0.39 is 27.5 Å². The molecule has 1 N–H and O–H groups in total. The number of aliphatic hydroxyl groups excluding tert-OH is 1. The first-order valence-corrected chi connectivity index (χ1v) is 12.7. The van der Waals surface area contributed by atoms with Gasteiger partial charge in [-0.05, 0) is 55.3 Å². The largest absolute Gasteiger partial charge is 0.502 e. The Labute approximate surface area is 200 Å². The lowest BCUT2D eigenvalue weighted by molar-refractivity contribution is -0.117. The van der Waals surface area contributed by atoms with E-state index in [1.807, 2.05) is 19.1 Å². The summed E-state index contributed by atoms with van der Waals surface area (Å²) in [6, 6.07) is 21.0. The van der Waals surface area contributed by atoms with Crippen molar-refractivity contribution in [1.82, 2.24) is 0 Å². The van der Waals surface area contributed by atoms with Crippen LogP contribution in [-0.2, 0) is 14.6 Å². The molecule has 0 aromatic heterocycles. The highest BCUT2D eigenvalue weighted by atomic mass is 32.2. The van der Waals surface area contributed by atoms with Crippen molar-refractivity contribution in [2.24, 2.45) is 0 Å².